The molecule has 2 heteroatoms. The fourth-order valence-corrected chi connectivity index (χ4v) is 1.66. The maximum Gasteiger partial charge on any atom is 0.0695 e. The fraction of sp³-hybridized carbons (Fsp3) is 0.154. The molecule has 0 atom stereocenters. The van der Waals surface area contributed by atoms with E-state index in [0.29, 0.717) is 6.42 Å². The van der Waals surface area contributed by atoms with E-state index in [9.17, 15) is 0 Å². The van der Waals surface area contributed by atoms with Crippen LogP contribution in [0.5, 0.6) is 0 Å². The first-order valence-corrected chi connectivity index (χ1v) is 5.62. The van der Waals surface area contributed by atoms with Crippen LogP contribution in [0.25, 0.3) is 0 Å². The molecule has 0 unspecified atom stereocenters. The molecule has 0 spiro atoms. The normalized spacial score (nSPS) is 8.53. The van der Waals surface area contributed by atoms with Crippen molar-refractivity contribution in [2.24, 2.45) is 0 Å². The van der Waals surface area contributed by atoms with Crippen molar-refractivity contribution in [2.45, 2.75) is 13.3 Å². The van der Waals surface area contributed by atoms with Gasteiger partial charge >= 0.3 is 0 Å². The molecule has 0 N–H and O–H groups in total. The number of nitriles is 1. The van der Waals surface area contributed by atoms with Crippen LogP contribution in [-0.2, 0) is 6.42 Å². The summed E-state index contributed by atoms with van der Waals surface area (Å²) in [5.74, 6) is 0. The molecule has 15 heavy (non-hydrogen) atoms. The van der Waals surface area contributed by atoms with Crippen molar-refractivity contribution in [3.05, 3.63) is 58.3 Å². The molecule has 0 aliphatic carbocycles. The number of nitrogens with zero attached hydrogens (tertiary/aromatic N) is 1. The first-order valence-electron chi connectivity index (χ1n) is 4.74. The van der Waals surface area contributed by atoms with Gasteiger partial charge in [-0.05, 0) is 18.4 Å². The van der Waals surface area contributed by atoms with Crippen LogP contribution in [0.15, 0.2) is 47.8 Å². The largest absolute Gasteiger partial charge is 0.198 e. The maximum absolute atomic E-state index is 8.19. The molecule has 0 aliphatic heterocycles. The number of thiophene rings is 1. The summed E-state index contributed by atoms with van der Waals surface area (Å²) in [5, 5.41) is 10.2. The molecule has 1 aromatic carbocycles. The molecule has 0 aliphatic rings. The van der Waals surface area contributed by atoms with Crippen molar-refractivity contribution in [3.8, 4) is 6.07 Å². The summed E-state index contributed by atoms with van der Waals surface area (Å²) < 4.78 is 0. The monoisotopic (exact) mass is 215 g/mol. The Morgan fingerprint density at radius 3 is 2.27 bits per heavy atom. The Bertz CT molecular complexity index is 398. The highest BCUT2D eigenvalue weighted by Crippen LogP contribution is 2.07. The number of rotatable bonds is 1. The quantitative estimate of drug-likeness (QED) is 0.709. The van der Waals surface area contributed by atoms with Crippen LogP contribution in [0.3, 0.4) is 0 Å². The zero-order chi connectivity index (χ0) is 10.9. The van der Waals surface area contributed by atoms with Gasteiger partial charge in [-0.25, -0.2) is 0 Å². The van der Waals surface area contributed by atoms with Crippen LogP contribution in [-0.4, -0.2) is 0 Å². The van der Waals surface area contributed by atoms with E-state index in [-0.39, 0.29) is 0 Å². The molecular formula is C13H13NS. The molecule has 2 aromatic rings. The second kappa shape index (κ2) is 6.80. The van der Waals surface area contributed by atoms with E-state index in [1.54, 1.807) is 11.3 Å². The molecule has 1 aromatic heterocycles. The van der Waals surface area contributed by atoms with E-state index < -0.39 is 0 Å². The Balaban J connectivity index is 0.000000151. The van der Waals surface area contributed by atoms with Gasteiger partial charge < -0.3 is 0 Å². The highest BCUT2D eigenvalue weighted by atomic mass is 32.1. The van der Waals surface area contributed by atoms with E-state index in [4.69, 9.17) is 5.26 Å². The zero-order valence-electron chi connectivity index (χ0n) is 8.68. The van der Waals surface area contributed by atoms with Gasteiger partial charge in [0.2, 0.25) is 0 Å². The van der Waals surface area contributed by atoms with Gasteiger partial charge in [-0.3, -0.25) is 0 Å². The summed E-state index contributed by atoms with van der Waals surface area (Å²) in [4.78, 5) is 1.15. The van der Waals surface area contributed by atoms with Gasteiger partial charge in [-0.2, -0.15) is 5.26 Å². The lowest BCUT2D eigenvalue weighted by Gasteiger charge is -1.82. The number of hydrogen-bond donors (Lipinski definition) is 0. The van der Waals surface area contributed by atoms with Crippen molar-refractivity contribution in [1.82, 2.24) is 0 Å². The van der Waals surface area contributed by atoms with Crippen LogP contribution < -0.4 is 0 Å². The van der Waals surface area contributed by atoms with Crippen molar-refractivity contribution in [1.29, 1.82) is 5.26 Å². The van der Waals surface area contributed by atoms with Crippen LogP contribution >= 0.6 is 11.3 Å². The lowest BCUT2D eigenvalue weighted by molar-refractivity contribution is 1.32. The zero-order valence-corrected chi connectivity index (χ0v) is 9.50. The first-order chi connectivity index (χ1) is 7.33. The van der Waals surface area contributed by atoms with E-state index in [1.165, 1.54) is 5.56 Å². The Kier molecular flexibility index (Phi) is 5.21. The van der Waals surface area contributed by atoms with Crippen LogP contribution in [0.2, 0.25) is 0 Å². The van der Waals surface area contributed by atoms with Gasteiger partial charge in [0.25, 0.3) is 0 Å². The SMILES string of the molecule is Cc1ccccc1.N#CCc1cccs1. The van der Waals surface area contributed by atoms with Crippen LogP contribution in [0.4, 0.5) is 0 Å². The third kappa shape index (κ3) is 4.99. The molecule has 0 saturated carbocycles. The molecule has 0 bridgehead atoms. The molecule has 76 valence electrons. The molecular weight excluding hydrogens is 202 g/mol. The van der Waals surface area contributed by atoms with E-state index >= 15 is 0 Å². The molecule has 1 heterocycles. The van der Waals surface area contributed by atoms with Crippen LogP contribution in [0.1, 0.15) is 10.4 Å². The smallest absolute Gasteiger partial charge is 0.0695 e. The highest BCUT2D eigenvalue weighted by Gasteiger charge is 1.87. The number of aryl methyl sites for hydroxylation is 1. The lowest BCUT2D eigenvalue weighted by atomic mass is 10.2. The van der Waals surface area contributed by atoms with Crippen molar-refractivity contribution in [3.63, 3.8) is 0 Å². The molecule has 0 fully saturated rings. The average Bonchev–Trinajstić information content (AvgIpc) is 2.73. The Morgan fingerprint density at radius 1 is 1.13 bits per heavy atom. The Hall–Kier alpha value is -1.59. The second-order valence-corrected chi connectivity index (χ2v) is 4.10. The third-order valence-corrected chi connectivity index (χ3v) is 2.65. The van der Waals surface area contributed by atoms with Gasteiger partial charge in [0.15, 0.2) is 0 Å². The van der Waals surface area contributed by atoms with Crippen molar-refractivity contribution >= 4 is 11.3 Å². The summed E-state index contributed by atoms with van der Waals surface area (Å²) >= 11 is 1.62. The molecule has 2 rings (SSSR count). The van der Waals surface area contributed by atoms with Gasteiger partial charge in [-0.1, -0.05) is 42.0 Å². The Morgan fingerprint density at radius 2 is 1.87 bits per heavy atom. The second-order valence-electron chi connectivity index (χ2n) is 3.07. The minimum atomic E-state index is 0.553. The van der Waals surface area contributed by atoms with E-state index in [2.05, 4.69) is 25.1 Å². The van der Waals surface area contributed by atoms with Crippen molar-refractivity contribution in [2.75, 3.05) is 0 Å². The van der Waals surface area contributed by atoms with Crippen molar-refractivity contribution < 1.29 is 0 Å². The molecule has 0 radical (unpaired) electrons. The van der Waals surface area contributed by atoms with E-state index in [0.717, 1.165) is 4.88 Å². The number of hydrogen-bond acceptors (Lipinski definition) is 2. The highest BCUT2D eigenvalue weighted by molar-refractivity contribution is 7.09. The van der Waals surface area contributed by atoms with Crippen LogP contribution in [0, 0.1) is 18.3 Å². The lowest BCUT2D eigenvalue weighted by Crippen LogP contribution is -1.67. The molecule has 1 nitrogen and oxygen atoms in total. The molecule has 0 amide bonds. The fourth-order valence-electron chi connectivity index (χ4n) is 1.03. The summed E-state index contributed by atoms with van der Waals surface area (Å²) in [6, 6.07) is 16.3. The average molecular weight is 215 g/mol. The maximum atomic E-state index is 8.19. The minimum Gasteiger partial charge on any atom is -0.198 e. The standard InChI is InChI=1S/C7H8.C6H5NS/c1-7-5-3-2-4-6-7;7-4-3-6-2-1-5-8-6/h2-6H,1H3;1-2,5H,3H2. The van der Waals surface area contributed by atoms with Gasteiger partial charge in [0.05, 0.1) is 12.5 Å². The summed E-state index contributed by atoms with van der Waals surface area (Å²) in [6.45, 7) is 2.08. The summed E-state index contributed by atoms with van der Waals surface area (Å²) in [5.41, 5.74) is 1.32. The predicted molar refractivity (Wildman–Crippen MR) is 64.8 cm³/mol. The first kappa shape index (κ1) is 11.5. The Labute approximate surface area is 94.6 Å². The number of benzene rings is 1. The van der Waals surface area contributed by atoms with Gasteiger partial charge in [0.1, 0.15) is 0 Å². The summed E-state index contributed by atoms with van der Waals surface area (Å²) in [7, 11) is 0. The van der Waals surface area contributed by atoms with Gasteiger partial charge in [-0.15, -0.1) is 11.3 Å². The predicted octanol–water partition coefficient (Wildman–Crippen LogP) is 3.81. The topological polar surface area (TPSA) is 23.8 Å². The van der Waals surface area contributed by atoms with E-state index in [1.807, 2.05) is 35.7 Å². The summed E-state index contributed by atoms with van der Waals surface area (Å²) in [6.07, 6.45) is 0.553. The van der Waals surface area contributed by atoms with Gasteiger partial charge in [0, 0.05) is 4.88 Å². The minimum absolute atomic E-state index is 0.553. The molecule has 0 saturated heterocycles. The third-order valence-electron chi connectivity index (χ3n) is 1.77.